The van der Waals surface area contributed by atoms with Gasteiger partial charge in [-0.25, -0.2) is 4.79 Å². The van der Waals surface area contributed by atoms with Crippen LogP contribution < -0.4 is 20.7 Å². The third kappa shape index (κ3) is 6.08. The first-order chi connectivity index (χ1) is 19.3. The molecule has 2 heterocycles. The molecular formula is C29H32N4O7. The van der Waals surface area contributed by atoms with E-state index in [9.17, 15) is 24.0 Å². The second-order valence-electron chi connectivity index (χ2n) is 10.3. The number of amides is 5. The molecule has 11 nitrogen and oxygen atoms in total. The molecule has 11 heteroatoms. The molecule has 2 aromatic rings. The third-order valence-electron chi connectivity index (χ3n) is 7.35. The lowest BCUT2D eigenvalue weighted by atomic mass is 9.89. The van der Waals surface area contributed by atoms with Crippen LogP contribution in [0.25, 0.3) is 0 Å². The van der Waals surface area contributed by atoms with E-state index in [2.05, 4.69) is 16.0 Å². The normalized spacial score (nSPS) is 21.7. The molecule has 210 valence electrons. The van der Waals surface area contributed by atoms with Gasteiger partial charge in [0.25, 0.3) is 11.8 Å². The van der Waals surface area contributed by atoms with Gasteiger partial charge in [-0.05, 0) is 60.9 Å². The van der Waals surface area contributed by atoms with E-state index < -0.39 is 18.0 Å². The number of piperidine rings is 1. The van der Waals surface area contributed by atoms with Gasteiger partial charge in [0, 0.05) is 48.7 Å². The molecular weight excluding hydrogens is 516 g/mol. The average molecular weight is 549 g/mol. The Morgan fingerprint density at radius 1 is 1.07 bits per heavy atom. The van der Waals surface area contributed by atoms with Crippen LogP contribution in [0, 0.1) is 0 Å². The summed E-state index contributed by atoms with van der Waals surface area (Å²) < 4.78 is 11.1. The lowest BCUT2D eigenvalue weighted by Crippen LogP contribution is -2.52. The van der Waals surface area contributed by atoms with E-state index in [-0.39, 0.29) is 42.8 Å². The molecule has 0 aromatic heterocycles. The fraction of sp³-hybridized carbons (Fsp3) is 0.414. The van der Waals surface area contributed by atoms with Crippen molar-refractivity contribution in [3.8, 4) is 5.75 Å². The topological polar surface area (TPSA) is 143 Å². The molecule has 1 aliphatic carbocycles. The molecule has 40 heavy (non-hydrogen) atoms. The molecule has 1 saturated heterocycles. The van der Waals surface area contributed by atoms with E-state index in [1.807, 2.05) is 6.92 Å². The monoisotopic (exact) mass is 548 g/mol. The predicted molar refractivity (Wildman–Crippen MR) is 144 cm³/mol. The molecule has 5 rings (SSSR count). The Morgan fingerprint density at radius 2 is 1.85 bits per heavy atom. The lowest BCUT2D eigenvalue weighted by molar-refractivity contribution is -0.136. The van der Waals surface area contributed by atoms with Crippen LogP contribution in [0.3, 0.4) is 0 Å². The van der Waals surface area contributed by atoms with Crippen LogP contribution >= 0.6 is 0 Å². The Hall–Kier alpha value is -4.41. The minimum Gasteiger partial charge on any atom is -0.490 e. The predicted octanol–water partition coefficient (Wildman–Crippen LogP) is 3.14. The van der Waals surface area contributed by atoms with Gasteiger partial charge in [-0.15, -0.1) is 0 Å². The molecule has 2 aromatic carbocycles. The van der Waals surface area contributed by atoms with Gasteiger partial charge in [0.15, 0.2) is 0 Å². The highest BCUT2D eigenvalue weighted by Gasteiger charge is 2.39. The number of anilines is 1. The minimum atomic E-state index is -0.689. The molecule has 1 saturated carbocycles. The van der Waals surface area contributed by atoms with E-state index in [4.69, 9.17) is 9.47 Å². The minimum absolute atomic E-state index is 0.0190. The first-order valence-electron chi connectivity index (χ1n) is 13.6. The summed E-state index contributed by atoms with van der Waals surface area (Å²) in [6, 6.07) is 11.2. The molecule has 1 unspecified atom stereocenters. The molecule has 0 bridgehead atoms. The van der Waals surface area contributed by atoms with Crippen molar-refractivity contribution in [1.82, 2.24) is 15.5 Å². The number of fused-ring (bicyclic) bond motifs is 1. The number of imide groups is 1. The SMILES string of the molecule is CCCCOC(=O)N[C@H]1C[C@@H](Oc2ccc(C(=O)Nc3ccc4c(c3)CN(C3CCC(=O)NC3=O)C4=O)cc2)C1. The van der Waals surface area contributed by atoms with Crippen LogP contribution in [0.2, 0.25) is 0 Å². The van der Waals surface area contributed by atoms with Crippen molar-refractivity contribution < 1.29 is 33.4 Å². The van der Waals surface area contributed by atoms with Crippen LogP contribution in [0.4, 0.5) is 10.5 Å². The summed E-state index contributed by atoms with van der Waals surface area (Å²) >= 11 is 0. The first-order valence-corrected chi connectivity index (χ1v) is 13.6. The van der Waals surface area contributed by atoms with Gasteiger partial charge < -0.3 is 25.0 Å². The highest BCUT2D eigenvalue weighted by atomic mass is 16.5. The molecule has 1 atom stereocenters. The smallest absolute Gasteiger partial charge is 0.407 e. The van der Waals surface area contributed by atoms with Crippen molar-refractivity contribution in [1.29, 1.82) is 0 Å². The number of ether oxygens (including phenoxy) is 2. The number of hydrogen-bond donors (Lipinski definition) is 3. The number of benzene rings is 2. The Bertz CT molecular complexity index is 1320. The second-order valence-corrected chi connectivity index (χ2v) is 10.3. The number of carbonyl (C=O) groups is 5. The van der Waals surface area contributed by atoms with Crippen LogP contribution in [0.1, 0.15) is 71.7 Å². The molecule has 3 N–H and O–H groups in total. The van der Waals surface area contributed by atoms with Gasteiger partial charge in [-0.1, -0.05) is 13.3 Å². The van der Waals surface area contributed by atoms with Crippen LogP contribution in [0.5, 0.6) is 5.75 Å². The summed E-state index contributed by atoms with van der Waals surface area (Å²) in [6.45, 7) is 2.69. The van der Waals surface area contributed by atoms with E-state index in [1.165, 1.54) is 4.90 Å². The Morgan fingerprint density at radius 3 is 2.58 bits per heavy atom. The fourth-order valence-corrected chi connectivity index (χ4v) is 5.03. The maximum absolute atomic E-state index is 12.9. The lowest BCUT2D eigenvalue weighted by Gasteiger charge is -2.35. The third-order valence-corrected chi connectivity index (χ3v) is 7.35. The average Bonchev–Trinajstić information content (AvgIpc) is 3.23. The van der Waals surface area contributed by atoms with Gasteiger partial charge in [-0.3, -0.25) is 24.5 Å². The van der Waals surface area contributed by atoms with E-state index in [0.29, 0.717) is 54.0 Å². The Kier molecular flexibility index (Phi) is 7.99. The molecule has 0 radical (unpaired) electrons. The number of unbranched alkanes of at least 4 members (excludes halogenated alkanes) is 1. The van der Waals surface area contributed by atoms with Crippen molar-refractivity contribution in [2.24, 2.45) is 0 Å². The van der Waals surface area contributed by atoms with Crippen LogP contribution in [-0.4, -0.2) is 59.4 Å². The zero-order chi connectivity index (χ0) is 28.2. The molecule has 0 spiro atoms. The maximum atomic E-state index is 12.9. The van der Waals surface area contributed by atoms with E-state index in [0.717, 1.165) is 12.8 Å². The van der Waals surface area contributed by atoms with Crippen molar-refractivity contribution in [3.05, 3.63) is 59.2 Å². The van der Waals surface area contributed by atoms with Crippen LogP contribution in [0.15, 0.2) is 42.5 Å². The van der Waals surface area contributed by atoms with Crippen LogP contribution in [-0.2, 0) is 20.9 Å². The Labute approximate surface area is 231 Å². The molecule has 5 amide bonds. The summed E-state index contributed by atoms with van der Waals surface area (Å²) in [5.41, 5.74) is 2.16. The molecule has 3 aliphatic rings. The van der Waals surface area contributed by atoms with Gasteiger partial charge in [0.1, 0.15) is 17.9 Å². The zero-order valence-corrected chi connectivity index (χ0v) is 22.2. The summed E-state index contributed by atoms with van der Waals surface area (Å²) in [7, 11) is 0. The number of rotatable bonds is 9. The largest absolute Gasteiger partial charge is 0.490 e. The summed E-state index contributed by atoms with van der Waals surface area (Å²) in [5, 5.41) is 7.97. The van der Waals surface area contributed by atoms with Gasteiger partial charge in [0.05, 0.1) is 6.61 Å². The number of carbonyl (C=O) groups excluding carboxylic acids is 5. The number of nitrogens with zero attached hydrogens (tertiary/aromatic N) is 1. The second kappa shape index (κ2) is 11.8. The van der Waals surface area contributed by atoms with E-state index in [1.54, 1.807) is 42.5 Å². The fourth-order valence-electron chi connectivity index (χ4n) is 5.03. The zero-order valence-electron chi connectivity index (χ0n) is 22.2. The quantitative estimate of drug-likeness (QED) is 0.323. The molecule has 2 fully saturated rings. The van der Waals surface area contributed by atoms with Crippen molar-refractivity contribution in [2.45, 2.75) is 70.2 Å². The number of hydrogen-bond acceptors (Lipinski definition) is 7. The van der Waals surface area contributed by atoms with Gasteiger partial charge in [-0.2, -0.15) is 0 Å². The van der Waals surface area contributed by atoms with Crippen molar-refractivity contribution in [2.75, 3.05) is 11.9 Å². The summed E-state index contributed by atoms with van der Waals surface area (Å²) in [6.07, 6.45) is 3.26. The standard InChI is InChI=1S/C29H32N4O7/c1-2-3-12-39-29(38)31-20-14-22(15-20)40-21-7-4-17(5-8-21)26(35)30-19-6-9-23-18(13-19)16-33(28(23)37)24-10-11-25(34)32-27(24)36/h4-9,13,20,22,24H,2-3,10-12,14-16H2,1H3,(H,30,35)(H,31,38)(H,32,34,36)/t20-,22+,24?. The summed E-state index contributed by atoms with van der Waals surface area (Å²) in [4.78, 5) is 62.6. The maximum Gasteiger partial charge on any atom is 0.407 e. The first kappa shape index (κ1) is 27.2. The highest BCUT2D eigenvalue weighted by Crippen LogP contribution is 2.30. The number of nitrogens with one attached hydrogen (secondary N) is 3. The van der Waals surface area contributed by atoms with Crippen molar-refractivity contribution >= 4 is 35.4 Å². The summed E-state index contributed by atoms with van der Waals surface area (Å²) in [5.74, 6) is -0.740. The van der Waals surface area contributed by atoms with E-state index >= 15 is 0 Å². The van der Waals surface area contributed by atoms with Gasteiger partial charge >= 0.3 is 6.09 Å². The highest BCUT2D eigenvalue weighted by molar-refractivity contribution is 6.07. The molecule has 2 aliphatic heterocycles. The van der Waals surface area contributed by atoms with Gasteiger partial charge in [0.2, 0.25) is 11.8 Å². The number of alkyl carbamates (subject to hydrolysis) is 1. The Balaban J connectivity index is 1.10. The van der Waals surface area contributed by atoms with Crippen molar-refractivity contribution in [3.63, 3.8) is 0 Å².